The van der Waals surface area contributed by atoms with Crippen molar-refractivity contribution < 1.29 is 9.59 Å². The maximum atomic E-state index is 11.7. The predicted octanol–water partition coefficient (Wildman–Crippen LogP) is 1.99. The Morgan fingerprint density at radius 2 is 1.84 bits per heavy atom. The smallest absolute Gasteiger partial charge is 0.251 e. The molecule has 1 aliphatic rings. The van der Waals surface area contributed by atoms with Crippen molar-refractivity contribution in [1.29, 1.82) is 0 Å². The van der Waals surface area contributed by atoms with Gasteiger partial charge in [-0.2, -0.15) is 0 Å². The van der Waals surface area contributed by atoms with Gasteiger partial charge >= 0.3 is 0 Å². The van der Waals surface area contributed by atoms with Crippen molar-refractivity contribution in [2.24, 2.45) is 5.92 Å². The summed E-state index contributed by atoms with van der Waals surface area (Å²) in [5.74, 6) is 0.475. The fraction of sp³-hybridized carbons (Fsp3) is 0.429. The second kappa shape index (κ2) is 6.57. The molecule has 0 bridgehead atoms. The van der Waals surface area contributed by atoms with Crippen LogP contribution in [0.5, 0.6) is 0 Å². The maximum absolute atomic E-state index is 11.7. The van der Waals surface area contributed by atoms with Crippen LogP contribution in [0.1, 0.15) is 29.6 Å². The molecule has 2 N–H and O–H groups in total. The summed E-state index contributed by atoms with van der Waals surface area (Å²) in [6.07, 6.45) is 2.74. The highest BCUT2D eigenvalue weighted by Crippen LogP contribution is 2.27. The fourth-order valence-corrected chi connectivity index (χ4v) is 1.79. The molecule has 1 aromatic rings. The Labute approximate surface area is 117 Å². The number of rotatable bonds is 6. The third-order valence-corrected chi connectivity index (χ3v) is 3.28. The molecule has 5 heteroatoms. The van der Waals surface area contributed by atoms with E-state index in [-0.39, 0.29) is 11.8 Å². The van der Waals surface area contributed by atoms with Crippen LogP contribution >= 0.6 is 11.6 Å². The summed E-state index contributed by atoms with van der Waals surface area (Å²) in [5.41, 5.74) is 0.544. The summed E-state index contributed by atoms with van der Waals surface area (Å²) in [5, 5.41) is 6.16. The van der Waals surface area contributed by atoms with Gasteiger partial charge in [0.1, 0.15) is 0 Å². The van der Waals surface area contributed by atoms with Crippen LogP contribution in [0.2, 0.25) is 5.02 Å². The lowest BCUT2D eigenvalue weighted by Gasteiger charge is -2.06. The molecule has 1 saturated carbocycles. The second-order valence-electron chi connectivity index (χ2n) is 4.76. The van der Waals surface area contributed by atoms with Gasteiger partial charge in [-0.1, -0.05) is 11.6 Å². The quantitative estimate of drug-likeness (QED) is 0.837. The Kier molecular flexibility index (Phi) is 4.80. The van der Waals surface area contributed by atoms with Crippen LogP contribution in [-0.4, -0.2) is 24.9 Å². The normalized spacial score (nSPS) is 13.9. The molecule has 0 aliphatic heterocycles. The van der Waals surface area contributed by atoms with E-state index in [1.165, 1.54) is 12.8 Å². The first-order valence-corrected chi connectivity index (χ1v) is 6.83. The molecule has 1 aliphatic carbocycles. The van der Waals surface area contributed by atoms with E-state index >= 15 is 0 Å². The Balaban J connectivity index is 1.65. The number of carbonyl (C=O) groups is 2. The van der Waals surface area contributed by atoms with Gasteiger partial charge < -0.3 is 10.6 Å². The molecule has 0 unspecified atom stereocenters. The average Bonchev–Trinajstić information content (AvgIpc) is 3.21. The molecule has 0 atom stereocenters. The van der Waals surface area contributed by atoms with Crippen molar-refractivity contribution in [3.05, 3.63) is 34.9 Å². The maximum Gasteiger partial charge on any atom is 0.251 e. The van der Waals surface area contributed by atoms with Gasteiger partial charge in [-0.15, -0.1) is 0 Å². The number of hydrogen-bond acceptors (Lipinski definition) is 2. The van der Waals surface area contributed by atoms with Gasteiger partial charge in [0.25, 0.3) is 5.91 Å². The summed E-state index contributed by atoms with van der Waals surface area (Å²) in [6, 6.07) is 6.65. The molecule has 1 aromatic carbocycles. The van der Waals surface area contributed by atoms with Crippen molar-refractivity contribution in [3.63, 3.8) is 0 Å². The molecule has 0 heterocycles. The molecular formula is C14H17ClN2O2. The van der Waals surface area contributed by atoms with E-state index in [0.29, 0.717) is 29.5 Å². The van der Waals surface area contributed by atoms with Gasteiger partial charge in [-0.3, -0.25) is 9.59 Å². The molecule has 0 aromatic heterocycles. The highest BCUT2D eigenvalue weighted by molar-refractivity contribution is 6.30. The summed E-state index contributed by atoms with van der Waals surface area (Å²) >= 11 is 5.74. The SMILES string of the molecule is O=C(CCNC(=O)c1ccc(Cl)cc1)NCC1CC1. The summed E-state index contributed by atoms with van der Waals surface area (Å²) in [4.78, 5) is 23.2. The van der Waals surface area contributed by atoms with Crippen LogP contribution < -0.4 is 10.6 Å². The molecule has 1 fully saturated rings. The second-order valence-corrected chi connectivity index (χ2v) is 5.20. The zero-order chi connectivity index (χ0) is 13.7. The van der Waals surface area contributed by atoms with E-state index in [4.69, 9.17) is 11.6 Å². The Hall–Kier alpha value is -1.55. The van der Waals surface area contributed by atoms with Gasteiger partial charge in [0.2, 0.25) is 5.91 Å². The predicted molar refractivity (Wildman–Crippen MR) is 74.1 cm³/mol. The fourth-order valence-electron chi connectivity index (χ4n) is 1.66. The molecule has 19 heavy (non-hydrogen) atoms. The highest BCUT2D eigenvalue weighted by atomic mass is 35.5. The first kappa shape index (κ1) is 13.9. The van der Waals surface area contributed by atoms with Gasteiger partial charge in [0.05, 0.1) is 0 Å². The Bertz CT molecular complexity index is 455. The number of carbonyl (C=O) groups excluding carboxylic acids is 2. The van der Waals surface area contributed by atoms with Crippen molar-refractivity contribution in [1.82, 2.24) is 10.6 Å². The molecule has 0 saturated heterocycles. The van der Waals surface area contributed by atoms with Crippen LogP contribution in [0, 0.1) is 5.92 Å². The monoisotopic (exact) mass is 280 g/mol. The van der Waals surface area contributed by atoms with E-state index in [2.05, 4.69) is 10.6 Å². The first-order chi connectivity index (χ1) is 9.15. The van der Waals surface area contributed by atoms with E-state index in [1.54, 1.807) is 24.3 Å². The van der Waals surface area contributed by atoms with E-state index in [1.807, 2.05) is 0 Å². The van der Waals surface area contributed by atoms with Crippen LogP contribution in [0.25, 0.3) is 0 Å². The lowest BCUT2D eigenvalue weighted by molar-refractivity contribution is -0.121. The number of nitrogens with one attached hydrogen (secondary N) is 2. The summed E-state index contributed by atoms with van der Waals surface area (Å²) < 4.78 is 0. The molecule has 0 radical (unpaired) electrons. The molecule has 102 valence electrons. The standard InChI is InChI=1S/C14H17ClN2O2/c15-12-5-3-11(4-6-12)14(19)16-8-7-13(18)17-9-10-1-2-10/h3-6,10H,1-2,7-9H2,(H,16,19)(H,17,18). The largest absolute Gasteiger partial charge is 0.356 e. The minimum atomic E-state index is -0.188. The van der Waals surface area contributed by atoms with Crippen molar-refractivity contribution >= 4 is 23.4 Å². The Morgan fingerprint density at radius 3 is 2.47 bits per heavy atom. The Morgan fingerprint density at radius 1 is 1.16 bits per heavy atom. The van der Waals surface area contributed by atoms with E-state index in [9.17, 15) is 9.59 Å². The lowest BCUT2D eigenvalue weighted by Crippen LogP contribution is -2.31. The number of amides is 2. The zero-order valence-corrected chi connectivity index (χ0v) is 11.4. The third kappa shape index (κ3) is 4.91. The highest BCUT2D eigenvalue weighted by Gasteiger charge is 2.21. The number of hydrogen-bond donors (Lipinski definition) is 2. The van der Waals surface area contributed by atoms with Crippen LogP contribution in [0.3, 0.4) is 0 Å². The van der Waals surface area contributed by atoms with Gasteiger partial charge in [-0.05, 0) is 43.0 Å². The van der Waals surface area contributed by atoms with Crippen molar-refractivity contribution in [2.75, 3.05) is 13.1 Å². The summed E-state index contributed by atoms with van der Waals surface area (Å²) in [6.45, 7) is 1.11. The van der Waals surface area contributed by atoms with Crippen LogP contribution in [-0.2, 0) is 4.79 Å². The minimum absolute atomic E-state index is 0.0108. The number of benzene rings is 1. The lowest BCUT2D eigenvalue weighted by atomic mass is 10.2. The average molecular weight is 281 g/mol. The molecular weight excluding hydrogens is 264 g/mol. The third-order valence-electron chi connectivity index (χ3n) is 3.03. The van der Waals surface area contributed by atoms with Crippen molar-refractivity contribution in [3.8, 4) is 0 Å². The van der Waals surface area contributed by atoms with Crippen LogP contribution in [0.15, 0.2) is 24.3 Å². The van der Waals surface area contributed by atoms with Crippen LogP contribution in [0.4, 0.5) is 0 Å². The van der Waals surface area contributed by atoms with Crippen molar-refractivity contribution in [2.45, 2.75) is 19.3 Å². The molecule has 2 amide bonds. The van der Waals surface area contributed by atoms with E-state index < -0.39 is 0 Å². The van der Waals surface area contributed by atoms with E-state index in [0.717, 1.165) is 6.54 Å². The molecule has 0 spiro atoms. The van der Waals surface area contributed by atoms with Gasteiger partial charge in [-0.25, -0.2) is 0 Å². The molecule has 2 rings (SSSR count). The zero-order valence-electron chi connectivity index (χ0n) is 10.6. The first-order valence-electron chi connectivity index (χ1n) is 6.45. The van der Waals surface area contributed by atoms with Gasteiger partial charge in [0.15, 0.2) is 0 Å². The molecule has 4 nitrogen and oxygen atoms in total. The summed E-state index contributed by atoms with van der Waals surface area (Å²) in [7, 11) is 0. The minimum Gasteiger partial charge on any atom is -0.356 e. The topological polar surface area (TPSA) is 58.2 Å². The number of halogens is 1. The van der Waals surface area contributed by atoms with Gasteiger partial charge in [0, 0.05) is 30.1 Å².